The third-order valence-corrected chi connectivity index (χ3v) is 4.41. The summed E-state index contributed by atoms with van der Waals surface area (Å²) in [7, 11) is 0. The average Bonchev–Trinajstić information content (AvgIpc) is 2.78. The van der Waals surface area contributed by atoms with Gasteiger partial charge in [0.15, 0.2) is 0 Å². The van der Waals surface area contributed by atoms with E-state index in [-0.39, 0.29) is 17.7 Å². The first-order valence-corrected chi connectivity index (χ1v) is 8.54. The molecule has 1 fully saturated rings. The van der Waals surface area contributed by atoms with Crippen LogP contribution in [0, 0.1) is 5.92 Å². The van der Waals surface area contributed by atoms with E-state index in [2.05, 4.69) is 13.0 Å². The fraction of sp³-hybridized carbons (Fsp3) is 0.412. The lowest BCUT2D eigenvalue weighted by Crippen LogP contribution is -2.30. The van der Waals surface area contributed by atoms with Gasteiger partial charge in [-0.25, -0.2) is 0 Å². The smallest absolute Gasteiger partial charge is 0.237 e. The quantitative estimate of drug-likeness (QED) is 0.438. The maximum Gasteiger partial charge on any atom is 0.237 e. The summed E-state index contributed by atoms with van der Waals surface area (Å²) in [5.74, 6) is 1.88. The van der Waals surface area contributed by atoms with Gasteiger partial charge < -0.3 is 0 Å². The molecular formula is C17H21NO2S. The van der Waals surface area contributed by atoms with Crippen molar-refractivity contribution >= 4 is 29.3 Å². The molecule has 112 valence electrons. The summed E-state index contributed by atoms with van der Waals surface area (Å²) < 4.78 is 0. The number of amides is 2. The molecule has 1 unspecified atom stereocenters. The van der Waals surface area contributed by atoms with Crippen molar-refractivity contribution in [2.24, 2.45) is 5.92 Å². The SMILES string of the molecule is CCSCC/C=C/CC1CC(=O)N(c2ccccc2)C1=O. The average molecular weight is 303 g/mol. The van der Waals surface area contributed by atoms with Crippen LogP contribution in [0.2, 0.25) is 0 Å². The summed E-state index contributed by atoms with van der Waals surface area (Å²) in [5.41, 5.74) is 0.679. The molecule has 0 saturated carbocycles. The van der Waals surface area contributed by atoms with Crippen LogP contribution in [0.1, 0.15) is 26.2 Å². The van der Waals surface area contributed by atoms with E-state index in [1.54, 1.807) is 12.1 Å². The molecule has 1 heterocycles. The normalized spacial score (nSPS) is 18.9. The van der Waals surface area contributed by atoms with Gasteiger partial charge in [0.1, 0.15) is 0 Å². The van der Waals surface area contributed by atoms with Crippen molar-refractivity contribution < 1.29 is 9.59 Å². The molecule has 0 aromatic heterocycles. The number of hydrogen-bond acceptors (Lipinski definition) is 3. The van der Waals surface area contributed by atoms with Gasteiger partial charge in [-0.15, -0.1) is 0 Å². The molecule has 1 aromatic carbocycles. The lowest BCUT2D eigenvalue weighted by atomic mass is 10.0. The number of allylic oxidation sites excluding steroid dienone is 2. The molecule has 1 atom stereocenters. The standard InChI is InChI=1S/C17H21NO2S/c1-2-21-12-8-4-5-9-14-13-16(19)18(17(14)20)15-10-6-3-7-11-15/h3-7,10-11,14H,2,8-9,12-13H2,1H3/b5-4+. The molecular weight excluding hydrogens is 282 g/mol. The second-order valence-corrected chi connectivity index (χ2v) is 6.39. The van der Waals surface area contributed by atoms with Crippen LogP contribution < -0.4 is 4.90 Å². The fourth-order valence-electron chi connectivity index (χ4n) is 2.40. The number of carbonyl (C=O) groups is 2. The zero-order valence-electron chi connectivity index (χ0n) is 12.3. The van der Waals surface area contributed by atoms with Gasteiger partial charge in [0.2, 0.25) is 11.8 Å². The third-order valence-electron chi connectivity index (χ3n) is 3.47. The third kappa shape index (κ3) is 4.21. The van der Waals surface area contributed by atoms with E-state index in [0.717, 1.165) is 17.9 Å². The number of para-hydroxylation sites is 1. The first-order chi connectivity index (χ1) is 10.2. The van der Waals surface area contributed by atoms with E-state index in [1.807, 2.05) is 36.0 Å². The maximum atomic E-state index is 12.3. The Kier molecular flexibility index (Phi) is 6.05. The second kappa shape index (κ2) is 8.03. The predicted molar refractivity (Wildman–Crippen MR) is 88.4 cm³/mol. The Bertz CT molecular complexity index is 513. The minimum atomic E-state index is -0.201. The number of carbonyl (C=O) groups excluding carboxylic acids is 2. The van der Waals surface area contributed by atoms with Crippen LogP contribution in [0.5, 0.6) is 0 Å². The monoisotopic (exact) mass is 303 g/mol. The first-order valence-electron chi connectivity index (χ1n) is 7.38. The molecule has 4 heteroatoms. The molecule has 0 aliphatic carbocycles. The number of nitrogens with zero attached hydrogens (tertiary/aromatic N) is 1. The lowest BCUT2D eigenvalue weighted by Gasteiger charge is -2.14. The Morgan fingerprint density at radius 2 is 2.00 bits per heavy atom. The molecule has 2 amide bonds. The maximum absolute atomic E-state index is 12.3. The molecule has 0 radical (unpaired) electrons. The van der Waals surface area contributed by atoms with E-state index in [4.69, 9.17) is 0 Å². The zero-order chi connectivity index (χ0) is 15.1. The molecule has 3 nitrogen and oxygen atoms in total. The molecule has 0 spiro atoms. The van der Waals surface area contributed by atoms with Crippen molar-refractivity contribution in [3.05, 3.63) is 42.5 Å². The Morgan fingerprint density at radius 1 is 1.24 bits per heavy atom. The van der Waals surface area contributed by atoms with Gasteiger partial charge in [0.05, 0.1) is 11.6 Å². The van der Waals surface area contributed by atoms with Crippen LogP contribution in [0.4, 0.5) is 5.69 Å². The lowest BCUT2D eigenvalue weighted by molar-refractivity contribution is -0.122. The molecule has 1 aromatic rings. The summed E-state index contributed by atoms with van der Waals surface area (Å²) in [4.78, 5) is 25.7. The van der Waals surface area contributed by atoms with Gasteiger partial charge in [-0.1, -0.05) is 37.3 Å². The summed E-state index contributed by atoms with van der Waals surface area (Å²) in [6, 6.07) is 9.16. The number of benzene rings is 1. The van der Waals surface area contributed by atoms with E-state index >= 15 is 0 Å². The largest absolute Gasteiger partial charge is 0.274 e. The number of thioether (sulfide) groups is 1. The van der Waals surface area contributed by atoms with Crippen molar-refractivity contribution in [1.82, 2.24) is 0 Å². The zero-order valence-corrected chi connectivity index (χ0v) is 13.1. The van der Waals surface area contributed by atoms with Crippen molar-refractivity contribution in [3.63, 3.8) is 0 Å². The second-order valence-electron chi connectivity index (χ2n) is 5.00. The van der Waals surface area contributed by atoms with Gasteiger partial charge in [-0.2, -0.15) is 11.8 Å². The van der Waals surface area contributed by atoms with E-state index in [0.29, 0.717) is 18.5 Å². The molecule has 0 bridgehead atoms. The van der Waals surface area contributed by atoms with E-state index in [9.17, 15) is 9.59 Å². The number of rotatable bonds is 7. The van der Waals surface area contributed by atoms with Crippen molar-refractivity contribution in [2.45, 2.75) is 26.2 Å². The first kappa shape index (κ1) is 15.8. The van der Waals surface area contributed by atoms with Gasteiger partial charge >= 0.3 is 0 Å². The minimum Gasteiger partial charge on any atom is -0.274 e. The van der Waals surface area contributed by atoms with E-state index in [1.165, 1.54) is 4.90 Å². The Labute approximate surface area is 130 Å². The van der Waals surface area contributed by atoms with Gasteiger partial charge in [-0.05, 0) is 36.5 Å². The van der Waals surface area contributed by atoms with Crippen molar-refractivity contribution in [1.29, 1.82) is 0 Å². The topological polar surface area (TPSA) is 37.4 Å². The van der Waals surface area contributed by atoms with E-state index < -0.39 is 0 Å². The molecule has 1 aliphatic heterocycles. The summed E-state index contributed by atoms with van der Waals surface area (Å²) in [6.45, 7) is 2.15. The highest BCUT2D eigenvalue weighted by Crippen LogP contribution is 2.28. The highest BCUT2D eigenvalue weighted by Gasteiger charge is 2.38. The summed E-state index contributed by atoms with van der Waals surface area (Å²) in [5, 5.41) is 0. The van der Waals surface area contributed by atoms with Crippen molar-refractivity contribution in [3.8, 4) is 0 Å². The van der Waals surface area contributed by atoms with Crippen LogP contribution in [0.15, 0.2) is 42.5 Å². The highest BCUT2D eigenvalue weighted by molar-refractivity contribution is 7.99. The van der Waals surface area contributed by atoms with Crippen LogP contribution in [-0.4, -0.2) is 23.3 Å². The fourth-order valence-corrected chi connectivity index (χ4v) is 2.99. The van der Waals surface area contributed by atoms with Crippen LogP contribution in [-0.2, 0) is 9.59 Å². The van der Waals surface area contributed by atoms with Gasteiger partial charge in [0, 0.05) is 6.42 Å². The number of imide groups is 1. The van der Waals surface area contributed by atoms with Crippen molar-refractivity contribution in [2.75, 3.05) is 16.4 Å². The molecule has 21 heavy (non-hydrogen) atoms. The highest BCUT2D eigenvalue weighted by atomic mass is 32.2. The van der Waals surface area contributed by atoms with Crippen LogP contribution >= 0.6 is 11.8 Å². The van der Waals surface area contributed by atoms with Crippen LogP contribution in [0.25, 0.3) is 0 Å². The Balaban J connectivity index is 1.90. The predicted octanol–water partition coefficient (Wildman–Crippen LogP) is 3.66. The Morgan fingerprint density at radius 3 is 2.71 bits per heavy atom. The Hall–Kier alpha value is -1.55. The molecule has 1 aliphatic rings. The molecule has 1 saturated heterocycles. The summed E-state index contributed by atoms with van der Waals surface area (Å²) >= 11 is 1.91. The van der Waals surface area contributed by atoms with Gasteiger partial charge in [-0.3, -0.25) is 14.5 Å². The molecule has 0 N–H and O–H groups in total. The molecule has 2 rings (SSSR count). The number of hydrogen-bond donors (Lipinski definition) is 0. The van der Waals surface area contributed by atoms with Crippen LogP contribution in [0.3, 0.4) is 0 Å². The number of anilines is 1. The van der Waals surface area contributed by atoms with Gasteiger partial charge in [0.25, 0.3) is 0 Å². The summed E-state index contributed by atoms with van der Waals surface area (Å²) in [6.07, 6.45) is 6.16. The minimum absolute atomic E-state index is 0.0706.